The molecule has 0 radical (unpaired) electrons. The molecule has 0 spiro atoms. The Bertz CT molecular complexity index is 360. The van der Waals surface area contributed by atoms with E-state index in [1.807, 2.05) is 0 Å². The lowest BCUT2D eigenvalue weighted by atomic mass is 10.2. The van der Waals surface area contributed by atoms with Crippen LogP contribution in [-0.4, -0.2) is 25.8 Å². The molecule has 0 aliphatic carbocycles. The highest BCUT2D eigenvalue weighted by Gasteiger charge is 2.14. The number of carboxylic acids is 1. The van der Waals surface area contributed by atoms with Gasteiger partial charge in [0.2, 0.25) is 0 Å². The van der Waals surface area contributed by atoms with Crippen LogP contribution in [0.1, 0.15) is 6.92 Å². The average Bonchev–Trinajstić information content (AvgIpc) is 2.52. The van der Waals surface area contributed by atoms with Crippen LogP contribution < -0.4 is 0 Å². The number of rotatable bonds is 4. The summed E-state index contributed by atoms with van der Waals surface area (Å²) in [7, 11) is 0. The lowest BCUT2D eigenvalue weighted by molar-refractivity contribution is -0.385. The standard InChI is InChI=1S/C7H9N3O4/c1-5(7(11)12)3-9-4-6(2-8-9)10(13)14/h2,4-5H,3H2,1H3,(H,11,12). The van der Waals surface area contributed by atoms with Gasteiger partial charge in [-0.05, 0) is 0 Å². The Morgan fingerprint density at radius 3 is 2.93 bits per heavy atom. The van der Waals surface area contributed by atoms with Crippen molar-refractivity contribution in [2.45, 2.75) is 13.5 Å². The molecule has 1 heterocycles. The Kier molecular flexibility index (Phi) is 2.80. The van der Waals surface area contributed by atoms with E-state index in [0.717, 1.165) is 6.20 Å². The van der Waals surface area contributed by atoms with Crippen molar-refractivity contribution in [3.05, 3.63) is 22.5 Å². The topological polar surface area (TPSA) is 98.3 Å². The zero-order chi connectivity index (χ0) is 10.7. The van der Waals surface area contributed by atoms with E-state index in [0.29, 0.717) is 0 Å². The second kappa shape index (κ2) is 3.86. The highest BCUT2D eigenvalue weighted by molar-refractivity contribution is 5.69. The fourth-order valence-electron chi connectivity index (χ4n) is 0.905. The van der Waals surface area contributed by atoms with Crippen LogP contribution in [0.5, 0.6) is 0 Å². The van der Waals surface area contributed by atoms with E-state index in [2.05, 4.69) is 5.10 Å². The molecule has 1 unspecified atom stereocenters. The van der Waals surface area contributed by atoms with E-state index in [1.54, 1.807) is 0 Å². The van der Waals surface area contributed by atoms with Gasteiger partial charge in [-0.25, -0.2) is 0 Å². The number of aromatic nitrogens is 2. The third-order valence-corrected chi connectivity index (χ3v) is 1.71. The van der Waals surface area contributed by atoms with Crippen molar-refractivity contribution in [3.8, 4) is 0 Å². The van der Waals surface area contributed by atoms with Crippen LogP contribution in [0.3, 0.4) is 0 Å². The molecule has 1 atom stereocenters. The van der Waals surface area contributed by atoms with Gasteiger partial charge in [-0.1, -0.05) is 6.92 Å². The Labute approximate surface area is 79.1 Å². The summed E-state index contributed by atoms with van der Waals surface area (Å²) in [6.07, 6.45) is 2.30. The Morgan fingerprint density at radius 1 is 1.86 bits per heavy atom. The van der Waals surface area contributed by atoms with Crippen LogP contribution in [-0.2, 0) is 11.3 Å². The van der Waals surface area contributed by atoms with Gasteiger partial charge in [-0.2, -0.15) is 5.10 Å². The first-order valence-electron chi connectivity index (χ1n) is 3.90. The van der Waals surface area contributed by atoms with Crippen LogP contribution in [0.2, 0.25) is 0 Å². The minimum atomic E-state index is -0.955. The number of hydrogen-bond donors (Lipinski definition) is 1. The molecule has 76 valence electrons. The summed E-state index contributed by atoms with van der Waals surface area (Å²) in [6, 6.07) is 0. The Balaban J connectivity index is 2.69. The smallest absolute Gasteiger partial charge is 0.308 e. The lowest BCUT2D eigenvalue weighted by Gasteiger charge is -2.04. The fraction of sp³-hybridized carbons (Fsp3) is 0.429. The lowest BCUT2D eigenvalue weighted by Crippen LogP contribution is -2.16. The van der Waals surface area contributed by atoms with Crippen LogP contribution in [0, 0.1) is 16.0 Å². The van der Waals surface area contributed by atoms with Crippen LogP contribution >= 0.6 is 0 Å². The molecule has 0 saturated heterocycles. The van der Waals surface area contributed by atoms with Crippen molar-refractivity contribution in [2.75, 3.05) is 0 Å². The summed E-state index contributed by atoms with van der Waals surface area (Å²) in [5.41, 5.74) is -0.136. The first kappa shape index (κ1) is 10.2. The molecular weight excluding hydrogens is 190 g/mol. The van der Waals surface area contributed by atoms with E-state index >= 15 is 0 Å². The number of aliphatic carboxylic acids is 1. The molecule has 1 rings (SSSR count). The van der Waals surface area contributed by atoms with Gasteiger partial charge in [0.05, 0.1) is 17.4 Å². The zero-order valence-corrected chi connectivity index (χ0v) is 7.45. The van der Waals surface area contributed by atoms with Gasteiger partial charge >= 0.3 is 11.7 Å². The van der Waals surface area contributed by atoms with Crippen molar-refractivity contribution in [3.63, 3.8) is 0 Å². The normalized spacial score (nSPS) is 12.4. The van der Waals surface area contributed by atoms with Gasteiger partial charge in [0.15, 0.2) is 0 Å². The molecule has 0 amide bonds. The van der Waals surface area contributed by atoms with Gasteiger partial charge in [0.25, 0.3) is 0 Å². The maximum Gasteiger partial charge on any atom is 0.308 e. The van der Waals surface area contributed by atoms with Crippen molar-refractivity contribution < 1.29 is 14.8 Å². The molecule has 0 saturated carbocycles. The summed E-state index contributed by atoms with van der Waals surface area (Å²) in [4.78, 5) is 20.2. The minimum absolute atomic E-state index is 0.128. The third kappa shape index (κ3) is 2.28. The molecule has 1 N–H and O–H groups in total. The predicted molar refractivity (Wildman–Crippen MR) is 45.7 cm³/mol. The van der Waals surface area contributed by atoms with Gasteiger partial charge < -0.3 is 5.11 Å². The first-order valence-corrected chi connectivity index (χ1v) is 3.90. The van der Waals surface area contributed by atoms with Crippen LogP contribution in [0.4, 0.5) is 5.69 Å². The maximum atomic E-state index is 10.5. The predicted octanol–water partition coefficient (Wildman–Crippen LogP) is 0.512. The molecule has 7 heteroatoms. The number of nitro groups is 1. The van der Waals surface area contributed by atoms with Gasteiger partial charge in [0, 0.05) is 0 Å². The van der Waals surface area contributed by atoms with Gasteiger partial charge in [-0.15, -0.1) is 0 Å². The SMILES string of the molecule is CC(Cn1cc([N+](=O)[O-])cn1)C(=O)O. The molecule has 14 heavy (non-hydrogen) atoms. The van der Waals surface area contributed by atoms with Crippen LogP contribution in [0.15, 0.2) is 12.4 Å². The van der Waals surface area contributed by atoms with E-state index in [-0.39, 0.29) is 12.2 Å². The summed E-state index contributed by atoms with van der Waals surface area (Å²) in [6.45, 7) is 1.64. The summed E-state index contributed by atoms with van der Waals surface area (Å²) >= 11 is 0. The maximum absolute atomic E-state index is 10.5. The molecule has 1 aromatic rings. The van der Waals surface area contributed by atoms with Gasteiger partial charge in [0.1, 0.15) is 12.4 Å². The summed E-state index contributed by atoms with van der Waals surface area (Å²) in [5, 5.41) is 22.5. The summed E-state index contributed by atoms with van der Waals surface area (Å²) < 4.78 is 1.25. The van der Waals surface area contributed by atoms with E-state index < -0.39 is 16.8 Å². The first-order chi connectivity index (χ1) is 6.50. The molecule has 0 aromatic carbocycles. The number of carbonyl (C=O) groups is 1. The number of carboxylic acid groups (broad SMARTS) is 1. The Hall–Kier alpha value is -1.92. The quantitative estimate of drug-likeness (QED) is 0.562. The van der Waals surface area contributed by atoms with Gasteiger partial charge in [-0.3, -0.25) is 19.6 Å². The third-order valence-electron chi connectivity index (χ3n) is 1.71. The van der Waals surface area contributed by atoms with E-state index in [1.165, 1.54) is 17.8 Å². The number of nitrogens with zero attached hydrogens (tertiary/aromatic N) is 3. The summed E-state index contributed by atoms with van der Waals surface area (Å²) in [5.74, 6) is -1.57. The molecule has 1 aromatic heterocycles. The monoisotopic (exact) mass is 199 g/mol. The van der Waals surface area contributed by atoms with Crippen molar-refractivity contribution >= 4 is 11.7 Å². The fourth-order valence-corrected chi connectivity index (χ4v) is 0.905. The zero-order valence-electron chi connectivity index (χ0n) is 7.45. The molecule has 0 aliphatic heterocycles. The van der Waals surface area contributed by atoms with Crippen molar-refractivity contribution in [2.24, 2.45) is 5.92 Å². The molecule has 7 nitrogen and oxygen atoms in total. The molecular formula is C7H9N3O4. The molecule has 0 aliphatic rings. The molecule has 0 fully saturated rings. The second-order valence-corrected chi connectivity index (χ2v) is 2.92. The highest BCUT2D eigenvalue weighted by atomic mass is 16.6. The largest absolute Gasteiger partial charge is 0.481 e. The number of hydrogen-bond acceptors (Lipinski definition) is 4. The van der Waals surface area contributed by atoms with Crippen molar-refractivity contribution in [1.29, 1.82) is 0 Å². The highest BCUT2D eigenvalue weighted by Crippen LogP contribution is 2.09. The van der Waals surface area contributed by atoms with E-state index in [9.17, 15) is 14.9 Å². The molecule has 0 bridgehead atoms. The minimum Gasteiger partial charge on any atom is -0.481 e. The Morgan fingerprint density at radius 2 is 2.50 bits per heavy atom. The van der Waals surface area contributed by atoms with Crippen molar-refractivity contribution in [1.82, 2.24) is 9.78 Å². The van der Waals surface area contributed by atoms with Crippen LogP contribution in [0.25, 0.3) is 0 Å². The average molecular weight is 199 g/mol. The second-order valence-electron chi connectivity index (χ2n) is 2.92. The van der Waals surface area contributed by atoms with E-state index in [4.69, 9.17) is 5.11 Å².